The molecule has 5 aromatic heterocycles. The molecule has 0 aliphatic heterocycles. The number of aryl methyl sites for hydroxylation is 1. The first kappa shape index (κ1) is 18.9. The van der Waals surface area contributed by atoms with E-state index in [4.69, 9.17) is 0 Å². The Labute approximate surface area is 174 Å². The van der Waals surface area contributed by atoms with Crippen molar-refractivity contribution in [2.45, 2.75) is 6.43 Å². The number of rotatable bonds is 5. The van der Waals surface area contributed by atoms with E-state index in [2.05, 4.69) is 25.5 Å². The summed E-state index contributed by atoms with van der Waals surface area (Å²) < 4.78 is 28.2. The number of carbonyl (C=O) groups is 1. The maximum absolute atomic E-state index is 12.5. The van der Waals surface area contributed by atoms with Gasteiger partial charge < -0.3 is 10.3 Å². The molecule has 5 aromatic rings. The summed E-state index contributed by atoms with van der Waals surface area (Å²) in [7, 11) is 1.86. The number of carbonyl (C=O) groups excluding carboxylic acids is 1. The van der Waals surface area contributed by atoms with E-state index in [1.807, 2.05) is 37.6 Å². The van der Waals surface area contributed by atoms with Gasteiger partial charge in [0.1, 0.15) is 5.65 Å². The Morgan fingerprint density at radius 1 is 1.19 bits per heavy atom. The number of fused-ring (bicyclic) bond motifs is 2. The Kier molecular flexibility index (Phi) is 4.46. The first-order chi connectivity index (χ1) is 15.0. The molecule has 0 aliphatic rings. The minimum atomic E-state index is -2.62. The van der Waals surface area contributed by atoms with Crippen molar-refractivity contribution in [1.29, 1.82) is 0 Å². The van der Waals surface area contributed by atoms with Crippen molar-refractivity contribution >= 4 is 22.5 Å². The molecule has 0 radical (unpaired) electrons. The van der Waals surface area contributed by atoms with Gasteiger partial charge in [-0.25, -0.2) is 18.3 Å². The Hall–Kier alpha value is -4.08. The normalized spacial score (nSPS) is 11.6. The van der Waals surface area contributed by atoms with Gasteiger partial charge in [-0.3, -0.25) is 9.48 Å². The topological polar surface area (TPSA) is 92.9 Å². The van der Waals surface area contributed by atoms with Crippen LogP contribution >= 0.6 is 0 Å². The van der Waals surface area contributed by atoms with Crippen LogP contribution in [0, 0.1) is 0 Å². The van der Waals surface area contributed by atoms with Crippen LogP contribution in [0.3, 0.4) is 0 Å². The molecule has 0 atom stereocenters. The highest BCUT2D eigenvalue weighted by atomic mass is 19.3. The second-order valence-electron chi connectivity index (χ2n) is 7.09. The third-order valence-electron chi connectivity index (χ3n) is 5.08. The van der Waals surface area contributed by atoms with Crippen molar-refractivity contribution in [2.75, 3.05) is 6.54 Å². The zero-order valence-corrected chi connectivity index (χ0v) is 16.4. The van der Waals surface area contributed by atoms with Crippen LogP contribution in [-0.2, 0) is 7.05 Å². The molecule has 5 rings (SSSR count). The molecule has 1 amide bonds. The van der Waals surface area contributed by atoms with E-state index < -0.39 is 18.9 Å². The number of amides is 1. The first-order valence-electron chi connectivity index (χ1n) is 9.50. The maximum Gasteiger partial charge on any atom is 0.255 e. The van der Waals surface area contributed by atoms with E-state index >= 15 is 0 Å². The molecule has 0 bridgehead atoms. The van der Waals surface area contributed by atoms with Crippen LogP contribution in [0.25, 0.3) is 38.8 Å². The molecule has 0 aromatic carbocycles. The smallest absolute Gasteiger partial charge is 0.255 e. The van der Waals surface area contributed by atoms with Crippen molar-refractivity contribution in [2.24, 2.45) is 7.05 Å². The van der Waals surface area contributed by atoms with Gasteiger partial charge in [0.15, 0.2) is 0 Å². The standard InChI is InChI=1S/C21H17F2N7O/c1-29-11-13(7-27-29)14-2-4-24-20-19(14)15(8-25-20)12-3-5-30-17(6-12)16(9-28-30)21(31)26-10-18(22)23/h2-9,11,18H,10H2,1H3,(H,24,25)(H,26,31). The van der Waals surface area contributed by atoms with Crippen LogP contribution in [0.15, 0.2) is 55.4 Å². The summed E-state index contributed by atoms with van der Waals surface area (Å²) in [6.45, 7) is -0.710. The van der Waals surface area contributed by atoms with Crippen LogP contribution in [-0.4, -0.2) is 48.2 Å². The molecule has 0 saturated heterocycles. The molecule has 8 nitrogen and oxygen atoms in total. The van der Waals surface area contributed by atoms with Crippen LogP contribution in [0.4, 0.5) is 8.78 Å². The SMILES string of the molecule is Cn1cc(-c2ccnc3[nH]cc(-c4ccn5ncc(C(=O)NCC(F)F)c5c4)c23)cn1. The highest BCUT2D eigenvalue weighted by molar-refractivity contribution is 6.05. The largest absolute Gasteiger partial charge is 0.346 e. The lowest BCUT2D eigenvalue weighted by atomic mass is 10.00. The van der Waals surface area contributed by atoms with Gasteiger partial charge in [-0.2, -0.15) is 10.2 Å². The molecule has 156 valence electrons. The minimum absolute atomic E-state index is 0.230. The zero-order valence-electron chi connectivity index (χ0n) is 16.4. The van der Waals surface area contributed by atoms with Crippen molar-refractivity contribution in [3.05, 3.63) is 60.9 Å². The predicted octanol–water partition coefficient (Wildman–Crippen LogP) is 3.27. The summed E-state index contributed by atoms with van der Waals surface area (Å²) >= 11 is 0. The van der Waals surface area contributed by atoms with Gasteiger partial charge in [0.2, 0.25) is 0 Å². The van der Waals surface area contributed by atoms with Crippen LogP contribution in [0.1, 0.15) is 10.4 Å². The number of hydrogen-bond donors (Lipinski definition) is 2. The lowest BCUT2D eigenvalue weighted by Crippen LogP contribution is -2.28. The van der Waals surface area contributed by atoms with E-state index in [1.165, 1.54) is 10.7 Å². The van der Waals surface area contributed by atoms with Gasteiger partial charge >= 0.3 is 0 Å². The number of nitrogens with zero attached hydrogens (tertiary/aromatic N) is 5. The number of hydrogen-bond acceptors (Lipinski definition) is 4. The van der Waals surface area contributed by atoms with E-state index in [1.54, 1.807) is 23.3 Å². The molecule has 5 heterocycles. The number of H-pyrrole nitrogens is 1. The van der Waals surface area contributed by atoms with Crippen LogP contribution < -0.4 is 5.32 Å². The van der Waals surface area contributed by atoms with Crippen LogP contribution in [0.2, 0.25) is 0 Å². The van der Waals surface area contributed by atoms with Gasteiger partial charge in [0.05, 0.1) is 30.0 Å². The van der Waals surface area contributed by atoms with E-state index in [-0.39, 0.29) is 5.56 Å². The van der Waals surface area contributed by atoms with E-state index in [0.29, 0.717) is 5.52 Å². The van der Waals surface area contributed by atoms with Gasteiger partial charge in [0.25, 0.3) is 12.3 Å². The van der Waals surface area contributed by atoms with Crippen molar-refractivity contribution < 1.29 is 13.6 Å². The molecular formula is C21H17F2N7O. The third-order valence-corrected chi connectivity index (χ3v) is 5.08. The number of pyridine rings is 2. The lowest BCUT2D eigenvalue weighted by Gasteiger charge is -2.06. The van der Waals surface area contributed by atoms with Crippen molar-refractivity contribution in [1.82, 2.24) is 34.7 Å². The van der Waals surface area contributed by atoms with Crippen molar-refractivity contribution in [3.8, 4) is 22.3 Å². The van der Waals surface area contributed by atoms with E-state index in [0.717, 1.165) is 33.3 Å². The third kappa shape index (κ3) is 3.31. The summed E-state index contributed by atoms with van der Waals surface area (Å²) in [6.07, 6.45) is 7.79. The number of alkyl halides is 2. The second kappa shape index (κ2) is 7.31. The predicted molar refractivity (Wildman–Crippen MR) is 111 cm³/mol. The summed E-state index contributed by atoms with van der Waals surface area (Å²) in [5, 5.41) is 11.6. The average molecular weight is 421 g/mol. The average Bonchev–Trinajstić information content (AvgIpc) is 3.49. The summed E-state index contributed by atoms with van der Waals surface area (Å²) in [4.78, 5) is 20.0. The van der Waals surface area contributed by atoms with Gasteiger partial charge in [-0.15, -0.1) is 0 Å². The molecule has 0 saturated carbocycles. The quantitative estimate of drug-likeness (QED) is 0.456. The minimum Gasteiger partial charge on any atom is -0.346 e. The fourth-order valence-corrected chi connectivity index (χ4v) is 3.67. The lowest BCUT2D eigenvalue weighted by molar-refractivity contribution is 0.0893. The Balaban J connectivity index is 1.63. The highest BCUT2D eigenvalue weighted by Gasteiger charge is 2.17. The molecule has 0 unspecified atom stereocenters. The van der Waals surface area contributed by atoms with Gasteiger partial charge in [-0.1, -0.05) is 0 Å². The molecule has 0 spiro atoms. The molecule has 0 fully saturated rings. The fourth-order valence-electron chi connectivity index (χ4n) is 3.67. The van der Waals surface area contributed by atoms with E-state index in [9.17, 15) is 13.6 Å². The summed E-state index contributed by atoms with van der Waals surface area (Å²) in [5.74, 6) is -0.593. The van der Waals surface area contributed by atoms with Crippen molar-refractivity contribution in [3.63, 3.8) is 0 Å². The number of aromatic amines is 1. The zero-order chi connectivity index (χ0) is 21.5. The second-order valence-corrected chi connectivity index (χ2v) is 7.09. The summed E-state index contributed by atoms with van der Waals surface area (Å²) in [5.41, 5.74) is 5.12. The highest BCUT2D eigenvalue weighted by Crippen LogP contribution is 2.35. The Morgan fingerprint density at radius 3 is 2.84 bits per heavy atom. The number of aromatic nitrogens is 6. The van der Waals surface area contributed by atoms with Gasteiger partial charge in [-0.05, 0) is 29.3 Å². The first-order valence-corrected chi connectivity index (χ1v) is 9.50. The van der Waals surface area contributed by atoms with Crippen LogP contribution in [0.5, 0.6) is 0 Å². The fraction of sp³-hybridized carbons (Fsp3) is 0.143. The molecule has 10 heteroatoms. The Bertz CT molecular complexity index is 1420. The molecule has 2 N–H and O–H groups in total. The maximum atomic E-state index is 12.5. The monoisotopic (exact) mass is 421 g/mol. The molecular weight excluding hydrogens is 404 g/mol. The molecule has 0 aliphatic carbocycles. The van der Waals surface area contributed by atoms with Gasteiger partial charge in [0, 0.05) is 48.3 Å². The number of nitrogens with one attached hydrogen (secondary N) is 2. The summed E-state index contributed by atoms with van der Waals surface area (Å²) in [6, 6.07) is 5.62. The Morgan fingerprint density at radius 2 is 2.06 bits per heavy atom. The number of halogens is 2. The molecule has 31 heavy (non-hydrogen) atoms.